The summed E-state index contributed by atoms with van der Waals surface area (Å²) < 4.78 is 26.6. The number of sulfonamides is 1. The van der Waals surface area contributed by atoms with Crippen molar-refractivity contribution in [3.05, 3.63) is 48.0 Å². The van der Waals surface area contributed by atoms with E-state index in [1.165, 1.54) is 12.8 Å². The second-order valence-corrected chi connectivity index (χ2v) is 8.19. The maximum Gasteiger partial charge on any atom is 0.215 e. The highest BCUT2D eigenvalue weighted by atomic mass is 32.2. The van der Waals surface area contributed by atoms with E-state index >= 15 is 0 Å². The molecule has 0 saturated heterocycles. The molecule has 0 heterocycles. The minimum absolute atomic E-state index is 0.0466. The monoisotopic (exact) mass is 320 g/mol. The molecule has 0 aliphatic heterocycles. The predicted octanol–water partition coefficient (Wildman–Crippen LogP) is 1.91. The van der Waals surface area contributed by atoms with Gasteiger partial charge in [0.25, 0.3) is 0 Å². The summed E-state index contributed by atoms with van der Waals surface area (Å²) in [6.45, 7) is 2.13. The number of rotatable bonds is 8. The summed E-state index contributed by atoms with van der Waals surface area (Å²) >= 11 is 0. The summed E-state index contributed by atoms with van der Waals surface area (Å²) in [7, 11) is -3.24. The zero-order valence-corrected chi connectivity index (χ0v) is 13.6. The predicted molar refractivity (Wildman–Crippen MR) is 88.8 cm³/mol. The molecule has 0 aromatic heterocycles. The summed E-state index contributed by atoms with van der Waals surface area (Å²) in [6, 6.07) is 9.27. The first kappa shape index (κ1) is 15.7. The molecule has 1 aromatic rings. The highest BCUT2D eigenvalue weighted by molar-refractivity contribution is 7.88. The highest BCUT2D eigenvalue weighted by Crippen LogP contribution is 2.42. The molecular weight excluding hydrogens is 296 g/mol. The third-order valence-corrected chi connectivity index (χ3v) is 6.00. The topological polar surface area (TPSA) is 58.2 Å². The Morgan fingerprint density at radius 3 is 2.55 bits per heavy atom. The lowest BCUT2D eigenvalue weighted by atomic mass is 9.94. The zero-order chi connectivity index (χ0) is 15.4. The first-order chi connectivity index (χ1) is 10.6. The Hall–Kier alpha value is -1.17. The van der Waals surface area contributed by atoms with Gasteiger partial charge in [0.15, 0.2) is 0 Å². The van der Waals surface area contributed by atoms with E-state index in [2.05, 4.69) is 22.2 Å². The molecule has 1 aromatic carbocycles. The van der Waals surface area contributed by atoms with E-state index in [9.17, 15) is 8.42 Å². The Kier molecular flexibility index (Phi) is 4.96. The summed E-state index contributed by atoms with van der Waals surface area (Å²) in [5.74, 6) is 2.31. The molecule has 0 amide bonds. The van der Waals surface area contributed by atoms with Crippen LogP contribution in [0.2, 0.25) is 0 Å². The van der Waals surface area contributed by atoms with Crippen molar-refractivity contribution < 1.29 is 8.42 Å². The van der Waals surface area contributed by atoms with Gasteiger partial charge in [-0.3, -0.25) is 0 Å². The molecule has 2 N–H and O–H groups in total. The van der Waals surface area contributed by atoms with Crippen LogP contribution in [0.1, 0.15) is 18.4 Å². The minimum atomic E-state index is -3.24. The van der Waals surface area contributed by atoms with Crippen molar-refractivity contribution in [3.63, 3.8) is 0 Å². The van der Waals surface area contributed by atoms with E-state index in [4.69, 9.17) is 0 Å². The molecule has 1 fully saturated rings. The van der Waals surface area contributed by atoms with Crippen molar-refractivity contribution in [3.8, 4) is 0 Å². The molecule has 0 radical (unpaired) electrons. The highest BCUT2D eigenvalue weighted by Gasteiger charge is 2.34. The molecule has 2 aliphatic carbocycles. The van der Waals surface area contributed by atoms with E-state index < -0.39 is 10.0 Å². The van der Waals surface area contributed by atoms with Crippen LogP contribution in [0.15, 0.2) is 42.5 Å². The van der Waals surface area contributed by atoms with E-state index in [1.54, 1.807) is 0 Å². The molecule has 1 saturated carbocycles. The first-order valence-corrected chi connectivity index (χ1v) is 9.68. The Bertz CT molecular complexity index is 613. The van der Waals surface area contributed by atoms with Crippen molar-refractivity contribution in [2.75, 3.05) is 19.6 Å². The Balaban J connectivity index is 1.33. The van der Waals surface area contributed by atoms with Crippen LogP contribution in [-0.4, -0.2) is 28.1 Å². The molecule has 4 nitrogen and oxygen atoms in total. The lowest BCUT2D eigenvalue weighted by Gasteiger charge is -2.18. The van der Waals surface area contributed by atoms with Crippen LogP contribution in [0.4, 0.5) is 0 Å². The number of hydrogen-bond donors (Lipinski definition) is 2. The fourth-order valence-electron chi connectivity index (χ4n) is 3.56. The van der Waals surface area contributed by atoms with E-state index in [0.717, 1.165) is 29.9 Å². The molecule has 3 unspecified atom stereocenters. The Labute approximate surface area is 133 Å². The normalized spacial score (nSPS) is 26.6. The van der Waals surface area contributed by atoms with Crippen molar-refractivity contribution in [1.82, 2.24) is 10.0 Å². The fourth-order valence-corrected chi connectivity index (χ4v) is 4.70. The molecule has 3 rings (SSSR count). The molecule has 3 atom stereocenters. The van der Waals surface area contributed by atoms with Gasteiger partial charge in [-0.05, 0) is 42.7 Å². The van der Waals surface area contributed by atoms with Gasteiger partial charge in [0.05, 0.1) is 5.75 Å². The molecule has 0 spiro atoms. The standard InChI is InChI=1S/C17H24N2O2S/c20-22(21,13-14-4-2-1-3-5-14)19-9-8-18-12-17-11-15-6-7-16(17)10-15/h1-7,15-19H,8-13H2. The van der Waals surface area contributed by atoms with Gasteiger partial charge in [-0.25, -0.2) is 13.1 Å². The average Bonchev–Trinajstić information content (AvgIpc) is 3.10. The maximum atomic E-state index is 12.0. The fraction of sp³-hybridized carbons (Fsp3) is 0.529. The van der Waals surface area contributed by atoms with Crippen LogP contribution in [-0.2, 0) is 15.8 Å². The second kappa shape index (κ2) is 6.94. The van der Waals surface area contributed by atoms with E-state index in [0.29, 0.717) is 13.1 Å². The van der Waals surface area contributed by atoms with E-state index in [-0.39, 0.29) is 5.75 Å². The van der Waals surface area contributed by atoms with Gasteiger partial charge in [0.2, 0.25) is 10.0 Å². The second-order valence-electron chi connectivity index (χ2n) is 6.38. The summed E-state index contributed by atoms with van der Waals surface area (Å²) in [6.07, 6.45) is 7.30. The number of hydrogen-bond acceptors (Lipinski definition) is 3. The van der Waals surface area contributed by atoms with E-state index in [1.807, 2.05) is 30.3 Å². The van der Waals surface area contributed by atoms with Crippen LogP contribution in [0, 0.1) is 17.8 Å². The van der Waals surface area contributed by atoms with Crippen molar-refractivity contribution in [1.29, 1.82) is 0 Å². The minimum Gasteiger partial charge on any atom is -0.315 e. The lowest BCUT2D eigenvalue weighted by molar-refractivity contribution is 0.416. The average molecular weight is 320 g/mol. The number of allylic oxidation sites excluding steroid dienone is 2. The summed E-state index contributed by atoms with van der Waals surface area (Å²) in [5.41, 5.74) is 0.816. The molecular formula is C17H24N2O2S. The largest absolute Gasteiger partial charge is 0.315 e. The van der Waals surface area contributed by atoms with Gasteiger partial charge in [0, 0.05) is 13.1 Å². The van der Waals surface area contributed by atoms with Gasteiger partial charge in [-0.1, -0.05) is 42.5 Å². The first-order valence-electron chi connectivity index (χ1n) is 8.03. The molecule has 22 heavy (non-hydrogen) atoms. The third-order valence-electron chi connectivity index (χ3n) is 4.65. The smallest absolute Gasteiger partial charge is 0.215 e. The number of nitrogens with one attached hydrogen (secondary N) is 2. The number of benzene rings is 1. The van der Waals surface area contributed by atoms with Crippen molar-refractivity contribution in [2.45, 2.75) is 18.6 Å². The third kappa shape index (κ3) is 4.18. The van der Waals surface area contributed by atoms with Gasteiger partial charge in [-0.2, -0.15) is 0 Å². The van der Waals surface area contributed by atoms with Crippen molar-refractivity contribution >= 4 is 10.0 Å². The Morgan fingerprint density at radius 1 is 1.05 bits per heavy atom. The van der Waals surface area contributed by atoms with Gasteiger partial charge < -0.3 is 5.32 Å². The van der Waals surface area contributed by atoms with Crippen LogP contribution >= 0.6 is 0 Å². The summed E-state index contributed by atoms with van der Waals surface area (Å²) in [4.78, 5) is 0. The van der Waals surface area contributed by atoms with Crippen molar-refractivity contribution in [2.24, 2.45) is 17.8 Å². The quantitative estimate of drug-likeness (QED) is 0.568. The van der Waals surface area contributed by atoms with Crippen LogP contribution in [0.25, 0.3) is 0 Å². The van der Waals surface area contributed by atoms with Gasteiger partial charge in [0.1, 0.15) is 0 Å². The maximum absolute atomic E-state index is 12.0. The lowest BCUT2D eigenvalue weighted by Crippen LogP contribution is -2.35. The molecule has 2 aliphatic rings. The van der Waals surface area contributed by atoms with Gasteiger partial charge >= 0.3 is 0 Å². The van der Waals surface area contributed by atoms with Crippen LogP contribution in [0.3, 0.4) is 0 Å². The SMILES string of the molecule is O=S(=O)(Cc1ccccc1)NCCNCC1CC2C=CC1C2. The summed E-state index contributed by atoms with van der Waals surface area (Å²) in [5, 5.41) is 3.39. The van der Waals surface area contributed by atoms with Crippen LogP contribution < -0.4 is 10.0 Å². The van der Waals surface area contributed by atoms with Gasteiger partial charge in [-0.15, -0.1) is 0 Å². The molecule has 120 valence electrons. The van der Waals surface area contributed by atoms with Crippen LogP contribution in [0.5, 0.6) is 0 Å². The Morgan fingerprint density at radius 2 is 1.86 bits per heavy atom. The molecule has 5 heteroatoms. The zero-order valence-electron chi connectivity index (χ0n) is 12.7. The number of fused-ring (bicyclic) bond motifs is 2. The molecule has 2 bridgehead atoms.